The molecule has 1 atom stereocenters. The zero-order chi connectivity index (χ0) is 26.0. The van der Waals surface area contributed by atoms with Gasteiger partial charge in [-0.3, -0.25) is 14.5 Å². The van der Waals surface area contributed by atoms with Gasteiger partial charge in [-0.05, 0) is 92.6 Å². The predicted octanol–water partition coefficient (Wildman–Crippen LogP) is 6.29. The first-order valence-corrected chi connectivity index (χ1v) is 12.7. The van der Waals surface area contributed by atoms with Crippen molar-refractivity contribution >= 4 is 35.0 Å². The van der Waals surface area contributed by atoms with Gasteiger partial charge in [0.05, 0.1) is 5.25 Å². The van der Waals surface area contributed by atoms with E-state index in [2.05, 4.69) is 37.4 Å². The summed E-state index contributed by atoms with van der Waals surface area (Å²) in [7, 11) is 0. The van der Waals surface area contributed by atoms with Gasteiger partial charge in [0.25, 0.3) is 5.91 Å². The second-order valence-electron chi connectivity index (χ2n) is 9.23. The maximum atomic E-state index is 13.8. The standard InChI is InChI=1S/C30H29N3O2S/c1-18-10-12-23(14-21(18)4)16-27-29(35)33(24-13-11-19(2)22(5)15-24)30(36-27)25(17-31)28(34)32-26-9-7-6-8-20(26)3/h6-15,27H,16H2,1-5H3,(H,32,34)/b30-25-. The number of hydrogen-bond acceptors (Lipinski definition) is 4. The van der Waals surface area contributed by atoms with Crippen LogP contribution in [0, 0.1) is 45.9 Å². The summed E-state index contributed by atoms with van der Waals surface area (Å²) in [6.07, 6.45) is 0.508. The average Bonchev–Trinajstić information content (AvgIpc) is 3.15. The van der Waals surface area contributed by atoms with E-state index in [0.29, 0.717) is 22.8 Å². The van der Waals surface area contributed by atoms with Crippen molar-refractivity contribution in [1.82, 2.24) is 0 Å². The van der Waals surface area contributed by atoms with Crippen molar-refractivity contribution in [3.8, 4) is 6.07 Å². The lowest BCUT2D eigenvalue weighted by Gasteiger charge is -2.20. The van der Waals surface area contributed by atoms with E-state index < -0.39 is 11.2 Å². The maximum absolute atomic E-state index is 13.8. The van der Waals surface area contributed by atoms with E-state index in [1.165, 1.54) is 22.9 Å². The van der Waals surface area contributed by atoms with Crippen molar-refractivity contribution in [3.05, 3.63) is 105 Å². The number of thioether (sulfide) groups is 1. The largest absolute Gasteiger partial charge is 0.321 e. The SMILES string of the molecule is Cc1ccc(CC2S/C(=C(/C#N)C(=O)Nc3ccccc3C)N(c3ccc(C)c(C)c3)C2=O)cc1C. The molecule has 0 spiro atoms. The quantitative estimate of drug-likeness (QED) is 0.333. The van der Waals surface area contributed by atoms with Crippen LogP contribution in [0.2, 0.25) is 0 Å². The fraction of sp³-hybridized carbons (Fsp3) is 0.233. The van der Waals surface area contributed by atoms with Crippen molar-refractivity contribution in [1.29, 1.82) is 5.26 Å². The number of nitriles is 1. The van der Waals surface area contributed by atoms with E-state index in [1.807, 2.05) is 63.2 Å². The summed E-state index contributed by atoms with van der Waals surface area (Å²) in [5, 5.41) is 12.9. The number of carbonyl (C=O) groups excluding carboxylic acids is 2. The van der Waals surface area contributed by atoms with Crippen LogP contribution >= 0.6 is 11.8 Å². The Balaban J connectivity index is 1.76. The number of carbonyl (C=O) groups is 2. The van der Waals surface area contributed by atoms with E-state index in [9.17, 15) is 14.9 Å². The lowest BCUT2D eigenvalue weighted by molar-refractivity contribution is -0.117. The number of hydrogen-bond donors (Lipinski definition) is 1. The first-order chi connectivity index (χ1) is 17.2. The van der Waals surface area contributed by atoms with E-state index >= 15 is 0 Å². The molecule has 1 N–H and O–H groups in total. The van der Waals surface area contributed by atoms with Gasteiger partial charge in [0.1, 0.15) is 16.7 Å². The highest BCUT2D eigenvalue weighted by atomic mass is 32.2. The van der Waals surface area contributed by atoms with Crippen molar-refractivity contribution < 1.29 is 9.59 Å². The molecule has 0 saturated carbocycles. The van der Waals surface area contributed by atoms with Crippen LogP contribution in [0.4, 0.5) is 11.4 Å². The highest BCUT2D eigenvalue weighted by Gasteiger charge is 2.41. The topological polar surface area (TPSA) is 73.2 Å². The molecule has 4 rings (SSSR count). The van der Waals surface area contributed by atoms with Crippen LogP contribution in [0.3, 0.4) is 0 Å². The summed E-state index contributed by atoms with van der Waals surface area (Å²) in [6.45, 7) is 10.00. The lowest BCUT2D eigenvalue weighted by atomic mass is 10.0. The van der Waals surface area contributed by atoms with E-state index in [0.717, 1.165) is 22.3 Å². The van der Waals surface area contributed by atoms with Gasteiger partial charge in [-0.15, -0.1) is 0 Å². The molecule has 1 unspecified atom stereocenters. The van der Waals surface area contributed by atoms with Crippen LogP contribution in [-0.2, 0) is 16.0 Å². The van der Waals surface area contributed by atoms with Gasteiger partial charge in [0, 0.05) is 11.4 Å². The number of para-hydroxylation sites is 1. The minimum Gasteiger partial charge on any atom is -0.321 e. The monoisotopic (exact) mass is 495 g/mol. The first kappa shape index (κ1) is 25.3. The summed E-state index contributed by atoms with van der Waals surface area (Å²) in [6, 6.07) is 21.4. The van der Waals surface area contributed by atoms with Crippen LogP contribution in [0.5, 0.6) is 0 Å². The molecule has 3 aromatic carbocycles. The Bertz CT molecular complexity index is 1430. The van der Waals surface area contributed by atoms with Gasteiger partial charge in [-0.2, -0.15) is 5.26 Å². The second-order valence-corrected chi connectivity index (χ2v) is 10.4. The van der Waals surface area contributed by atoms with E-state index in [4.69, 9.17) is 0 Å². The van der Waals surface area contributed by atoms with E-state index in [1.54, 1.807) is 11.0 Å². The second kappa shape index (κ2) is 10.4. The third-order valence-electron chi connectivity index (χ3n) is 6.64. The molecule has 1 saturated heterocycles. The third-order valence-corrected chi connectivity index (χ3v) is 7.90. The first-order valence-electron chi connectivity index (χ1n) is 11.8. The number of amides is 2. The third kappa shape index (κ3) is 5.07. The predicted molar refractivity (Wildman–Crippen MR) is 147 cm³/mol. The normalized spacial score (nSPS) is 16.6. The average molecular weight is 496 g/mol. The molecule has 0 aromatic heterocycles. The van der Waals surface area contributed by atoms with Crippen molar-refractivity contribution in [2.75, 3.05) is 10.2 Å². The Morgan fingerprint density at radius 1 is 0.917 bits per heavy atom. The minimum atomic E-state index is -0.525. The van der Waals surface area contributed by atoms with Gasteiger partial charge in [-0.25, -0.2) is 0 Å². The van der Waals surface area contributed by atoms with Crippen LogP contribution in [0.15, 0.2) is 71.3 Å². The number of nitrogens with one attached hydrogen (secondary N) is 1. The van der Waals surface area contributed by atoms with E-state index in [-0.39, 0.29) is 11.5 Å². The summed E-state index contributed by atoms with van der Waals surface area (Å²) in [4.78, 5) is 28.6. The van der Waals surface area contributed by atoms with Gasteiger partial charge in [0.2, 0.25) is 5.91 Å². The molecule has 6 heteroatoms. The molecule has 182 valence electrons. The zero-order valence-electron chi connectivity index (χ0n) is 21.2. The van der Waals surface area contributed by atoms with Gasteiger partial charge in [0.15, 0.2) is 0 Å². The molecular formula is C30H29N3O2S. The molecule has 0 aliphatic carbocycles. The Morgan fingerprint density at radius 3 is 2.22 bits per heavy atom. The summed E-state index contributed by atoms with van der Waals surface area (Å²) in [5.41, 5.74) is 7.66. The summed E-state index contributed by atoms with van der Waals surface area (Å²) < 4.78 is 0. The zero-order valence-corrected chi connectivity index (χ0v) is 22.0. The Kier molecular flexibility index (Phi) is 7.32. The molecule has 1 heterocycles. The molecule has 3 aromatic rings. The van der Waals surface area contributed by atoms with Crippen LogP contribution in [-0.4, -0.2) is 17.1 Å². The number of aryl methyl sites for hydroxylation is 5. The van der Waals surface area contributed by atoms with Crippen LogP contribution < -0.4 is 10.2 Å². The number of nitrogens with zero attached hydrogens (tertiary/aromatic N) is 2. The van der Waals surface area contributed by atoms with Crippen LogP contribution in [0.1, 0.15) is 33.4 Å². The van der Waals surface area contributed by atoms with Crippen molar-refractivity contribution in [2.45, 2.75) is 46.3 Å². The molecule has 1 fully saturated rings. The highest BCUT2D eigenvalue weighted by molar-refractivity contribution is 8.05. The maximum Gasteiger partial charge on any atom is 0.269 e. The van der Waals surface area contributed by atoms with Crippen LogP contribution in [0.25, 0.3) is 0 Å². The fourth-order valence-electron chi connectivity index (χ4n) is 4.13. The van der Waals surface area contributed by atoms with Gasteiger partial charge < -0.3 is 5.32 Å². The van der Waals surface area contributed by atoms with Crippen molar-refractivity contribution in [2.24, 2.45) is 0 Å². The minimum absolute atomic E-state index is 0.0718. The molecule has 1 aliphatic heterocycles. The summed E-state index contributed by atoms with van der Waals surface area (Å²) in [5.74, 6) is -0.657. The summed E-state index contributed by atoms with van der Waals surface area (Å²) >= 11 is 1.29. The molecule has 0 radical (unpaired) electrons. The fourth-order valence-corrected chi connectivity index (χ4v) is 5.44. The molecule has 2 amide bonds. The lowest BCUT2D eigenvalue weighted by Crippen LogP contribution is -2.31. The number of rotatable bonds is 5. The molecule has 5 nitrogen and oxygen atoms in total. The molecule has 36 heavy (non-hydrogen) atoms. The Morgan fingerprint density at radius 2 is 1.58 bits per heavy atom. The smallest absolute Gasteiger partial charge is 0.269 e. The Labute approximate surface area is 216 Å². The van der Waals surface area contributed by atoms with Gasteiger partial charge in [-0.1, -0.05) is 54.2 Å². The Hall–Kier alpha value is -3.82. The molecular weight excluding hydrogens is 466 g/mol. The van der Waals surface area contributed by atoms with Gasteiger partial charge >= 0.3 is 0 Å². The highest BCUT2D eigenvalue weighted by Crippen LogP contribution is 2.42. The number of benzene rings is 3. The molecule has 0 bridgehead atoms. The molecule has 1 aliphatic rings. The number of anilines is 2. The van der Waals surface area contributed by atoms with Crippen molar-refractivity contribution in [3.63, 3.8) is 0 Å².